The third-order valence-corrected chi connectivity index (χ3v) is 12.2. The zero-order chi connectivity index (χ0) is 51.9. The number of phosphoric ester groups is 1. The van der Waals surface area contributed by atoms with E-state index in [0.29, 0.717) is 24.1 Å². The molecular weight excluding hydrogens is 902 g/mol. The molecule has 2 atom stereocenters. The molecule has 0 amide bonds. The minimum atomic E-state index is -4.30. The molecule has 2 unspecified atom stereocenters. The lowest BCUT2D eigenvalue weighted by Gasteiger charge is -2.24. The van der Waals surface area contributed by atoms with Crippen LogP contribution in [-0.2, 0) is 27.9 Å². The Morgan fingerprint density at radius 3 is 1.15 bits per heavy atom. The normalized spacial score (nSPS) is 14.5. The summed E-state index contributed by atoms with van der Waals surface area (Å²) in [5.41, 5.74) is 0. The summed E-state index contributed by atoms with van der Waals surface area (Å²) in [6.45, 7) is 5.33. The minimum Gasteiger partial charge on any atom is -0.457 e. The highest BCUT2D eigenvalue weighted by Gasteiger charge is 2.26. The summed E-state index contributed by atoms with van der Waals surface area (Å²) >= 11 is 0. The average Bonchev–Trinajstić information content (AvgIpc) is 3.33. The van der Waals surface area contributed by atoms with E-state index in [-0.39, 0.29) is 25.8 Å². The van der Waals surface area contributed by atoms with Crippen molar-refractivity contribution in [1.29, 1.82) is 0 Å². The molecule has 0 aliphatic carbocycles. The van der Waals surface area contributed by atoms with Crippen LogP contribution in [0.2, 0.25) is 0 Å². The van der Waals surface area contributed by atoms with Gasteiger partial charge in [0.2, 0.25) is 0 Å². The van der Waals surface area contributed by atoms with Gasteiger partial charge in [0.1, 0.15) is 19.3 Å². The molecule has 9 heteroatoms. The number of hydrogen-bond donors (Lipinski definition) is 1. The van der Waals surface area contributed by atoms with Crippen molar-refractivity contribution in [1.82, 2.24) is 0 Å². The Morgan fingerprint density at radius 1 is 0.437 bits per heavy atom. The molecule has 0 aliphatic heterocycles. The molecule has 8 nitrogen and oxygen atoms in total. The molecule has 71 heavy (non-hydrogen) atoms. The van der Waals surface area contributed by atoms with Crippen LogP contribution in [0.3, 0.4) is 0 Å². The Morgan fingerprint density at radius 2 is 0.775 bits per heavy atom. The standard InChI is InChI=1S/C62H104NO7P/c1-6-8-10-12-14-16-18-20-22-24-26-28-30-31-32-34-36-38-40-42-44-46-48-50-52-54-57-67-59-61(60-69-71(65,66)68-58-56-63(3,4)5)70-62(64)55-53-51-49-47-45-43-41-39-37-35-33-29-27-25-23-21-19-17-15-13-11-9-7-2/h8-11,14-17,20-23,26-29,31-32,35-38,61H,6-7,12-13,18-19,24-25,30,33-34,39-60H2,1-5H3/p+1/b10-8-,11-9-,16-14-,17-15-,22-20-,23-21-,28-26-,29-27-,32-31-,37-35-,38-36-. The van der Waals surface area contributed by atoms with Crippen LogP contribution in [0, 0.1) is 0 Å². The van der Waals surface area contributed by atoms with Crippen LogP contribution in [-0.4, -0.2) is 75.6 Å². The van der Waals surface area contributed by atoms with Gasteiger partial charge in [-0.25, -0.2) is 4.57 Å². The predicted molar refractivity (Wildman–Crippen MR) is 306 cm³/mol. The maximum absolute atomic E-state index is 12.8. The summed E-state index contributed by atoms with van der Waals surface area (Å²) in [7, 11) is 1.63. The summed E-state index contributed by atoms with van der Waals surface area (Å²) in [4.78, 5) is 23.1. The van der Waals surface area contributed by atoms with Crippen molar-refractivity contribution in [2.75, 3.05) is 54.1 Å². The van der Waals surface area contributed by atoms with Gasteiger partial charge in [0.25, 0.3) is 0 Å². The number of hydrogen-bond acceptors (Lipinski definition) is 6. The lowest BCUT2D eigenvalue weighted by atomic mass is 10.1. The zero-order valence-corrected chi connectivity index (χ0v) is 46.8. The second kappa shape index (κ2) is 52.9. The van der Waals surface area contributed by atoms with Crippen molar-refractivity contribution >= 4 is 13.8 Å². The third-order valence-electron chi connectivity index (χ3n) is 11.2. The Bertz CT molecular complexity index is 1590. The van der Waals surface area contributed by atoms with E-state index in [2.05, 4.69) is 148 Å². The molecule has 0 heterocycles. The SMILES string of the molecule is CC/C=C\C/C=C\C/C=C\C/C=C\C/C=C\C/C=C\CCCCCCCCCOCC(COP(=O)(O)OCC[N+](C)(C)C)OC(=O)CCCCCCCCC/C=C\C/C=C\C/C=C\C/C=C\C/C=C\CC. The zero-order valence-electron chi connectivity index (χ0n) is 45.9. The van der Waals surface area contributed by atoms with Gasteiger partial charge in [0.05, 0.1) is 34.4 Å². The van der Waals surface area contributed by atoms with Gasteiger partial charge in [-0.1, -0.05) is 212 Å². The number of quaternary nitrogens is 1. The summed E-state index contributed by atoms with van der Waals surface area (Å²) < 4.78 is 35.2. The van der Waals surface area contributed by atoms with Crippen molar-refractivity contribution < 1.29 is 37.3 Å². The topological polar surface area (TPSA) is 91.3 Å². The number of rotatable bonds is 50. The van der Waals surface area contributed by atoms with Gasteiger partial charge in [-0.2, -0.15) is 0 Å². The van der Waals surface area contributed by atoms with Crippen LogP contribution >= 0.6 is 7.82 Å². The second-order valence-corrected chi connectivity index (χ2v) is 20.7. The molecule has 0 rings (SSSR count). The number of likely N-dealkylation sites (N-methyl/N-ethyl adjacent to an activating group) is 1. The first-order chi connectivity index (χ1) is 34.6. The summed E-state index contributed by atoms with van der Waals surface area (Å²) in [5.74, 6) is -0.334. The van der Waals surface area contributed by atoms with Crippen LogP contribution in [0.25, 0.3) is 0 Å². The largest absolute Gasteiger partial charge is 0.472 e. The minimum absolute atomic E-state index is 0.0754. The molecular formula is C62H105NO7P+. The monoisotopic (exact) mass is 1010 g/mol. The van der Waals surface area contributed by atoms with E-state index in [1.807, 2.05) is 21.1 Å². The first kappa shape index (κ1) is 67.6. The van der Waals surface area contributed by atoms with Gasteiger partial charge in [0, 0.05) is 13.0 Å². The number of allylic oxidation sites excluding steroid dienone is 22. The quantitative estimate of drug-likeness (QED) is 0.0213. The van der Waals surface area contributed by atoms with E-state index >= 15 is 0 Å². The Labute approximate surface area is 436 Å². The highest BCUT2D eigenvalue weighted by Crippen LogP contribution is 2.43. The van der Waals surface area contributed by atoms with E-state index < -0.39 is 13.9 Å². The maximum atomic E-state index is 12.8. The molecule has 0 saturated heterocycles. The van der Waals surface area contributed by atoms with E-state index in [1.54, 1.807) is 0 Å². The van der Waals surface area contributed by atoms with Crippen LogP contribution in [0.5, 0.6) is 0 Å². The van der Waals surface area contributed by atoms with Gasteiger partial charge in [-0.3, -0.25) is 13.8 Å². The van der Waals surface area contributed by atoms with Gasteiger partial charge < -0.3 is 18.9 Å². The van der Waals surface area contributed by atoms with Crippen LogP contribution in [0.4, 0.5) is 0 Å². The van der Waals surface area contributed by atoms with E-state index in [4.69, 9.17) is 18.5 Å². The molecule has 0 aromatic heterocycles. The van der Waals surface area contributed by atoms with Crippen LogP contribution in [0.1, 0.15) is 194 Å². The van der Waals surface area contributed by atoms with Crippen molar-refractivity contribution in [3.63, 3.8) is 0 Å². The highest BCUT2D eigenvalue weighted by molar-refractivity contribution is 7.47. The van der Waals surface area contributed by atoms with Crippen molar-refractivity contribution in [2.24, 2.45) is 0 Å². The van der Waals surface area contributed by atoms with Crippen molar-refractivity contribution in [2.45, 2.75) is 200 Å². The molecule has 404 valence electrons. The number of carbonyl (C=O) groups excluding carboxylic acids is 1. The number of carbonyl (C=O) groups is 1. The molecule has 0 aliphatic rings. The van der Waals surface area contributed by atoms with E-state index in [9.17, 15) is 14.3 Å². The molecule has 0 saturated carbocycles. The molecule has 0 fully saturated rings. The first-order valence-electron chi connectivity index (χ1n) is 27.9. The fourth-order valence-corrected chi connectivity index (χ4v) is 7.74. The van der Waals surface area contributed by atoms with Crippen molar-refractivity contribution in [3.05, 3.63) is 134 Å². The second-order valence-electron chi connectivity index (χ2n) is 19.2. The molecule has 0 bridgehead atoms. The summed E-state index contributed by atoms with van der Waals surface area (Å²) in [6, 6.07) is 0. The number of nitrogens with zero attached hydrogens (tertiary/aromatic N) is 1. The molecule has 1 N–H and O–H groups in total. The lowest BCUT2D eigenvalue weighted by molar-refractivity contribution is -0.870. The first-order valence-corrected chi connectivity index (χ1v) is 29.4. The van der Waals surface area contributed by atoms with Gasteiger partial charge in [-0.05, 0) is 109 Å². The fraction of sp³-hybridized carbons (Fsp3) is 0.629. The smallest absolute Gasteiger partial charge is 0.457 e. The third kappa shape index (κ3) is 57.4. The van der Waals surface area contributed by atoms with Crippen LogP contribution < -0.4 is 0 Å². The van der Waals surface area contributed by atoms with Gasteiger partial charge >= 0.3 is 13.8 Å². The molecule has 0 aromatic carbocycles. The maximum Gasteiger partial charge on any atom is 0.472 e. The number of phosphoric acid groups is 1. The van der Waals surface area contributed by atoms with Crippen LogP contribution in [0.15, 0.2) is 134 Å². The average molecular weight is 1010 g/mol. The Balaban J connectivity index is 4.20. The van der Waals surface area contributed by atoms with E-state index in [1.165, 1.54) is 44.9 Å². The van der Waals surface area contributed by atoms with Crippen molar-refractivity contribution in [3.8, 4) is 0 Å². The molecule has 0 spiro atoms. The summed E-state index contributed by atoms with van der Waals surface area (Å²) in [6.07, 6.45) is 77.9. The predicted octanol–water partition coefficient (Wildman–Crippen LogP) is 17.8. The number of esters is 1. The van der Waals surface area contributed by atoms with Gasteiger partial charge in [-0.15, -0.1) is 0 Å². The Hall–Kier alpha value is -3.36. The number of ether oxygens (including phenoxy) is 2. The lowest BCUT2D eigenvalue weighted by Crippen LogP contribution is -2.37. The van der Waals surface area contributed by atoms with Gasteiger partial charge in [0.15, 0.2) is 0 Å². The Kier molecular flexibility index (Phi) is 50.4. The highest BCUT2D eigenvalue weighted by atomic mass is 31.2. The number of unbranched alkanes of at least 4 members (excludes halogenated alkanes) is 14. The molecule has 0 aromatic rings. The fourth-order valence-electron chi connectivity index (χ4n) is 6.99. The molecule has 0 radical (unpaired) electrons. The van der Waals surface area contributed by atoms with E-state index in [0.717, 1.165) is 128 Å². The summed E-state index contributed by atoms with van der Waals surface area (Å²) in [5, 5.41) is 0.